The summed E-state index contributed by atoms with van der Waals surface area (Å²) in [5.41, 5.74) is 13.0. The molecule has 3 heteroatoms. The van der Waals surface area contributed by atoms with Gasteiger partial charge in [0.2, 0.25) is 0 Å². The number of nitrogen functional groups attached to an aromatic ring is 1. The molecule has 2 aromatic carbocycles. The first-order chi connectivity index (χ1) is 11.2. The number of hydrogen-bond donors (Lipinski definition) is 1. The molecule has 0 aliphatic heterocycles. The van der Waals surface area contributed by atoms with Crippen LogP contribution < -0.4 is 5.73 Å². The van der Waals surface area contributed by atoms with Gasteiger partial charge in [-0.1, -0.05) is 48.0 Å². The van der Waals surface area contributed by atoms with Crippen molar-refractivity contribution in [2.75, 3.05) is 5.73 Å². The summed E-state index contributed by atoms with van der Waals surface area (Å²) >= 11 is 7.99. The van der Waals surface area contributed by atoms with E-state index in [4.69, 9.17) is 17.3 Å². The van der Waals surface area contributed by atoms with Crippen molar-refractivity contribution < 1.29 is 0 Å². The molecule has 0 spiro atoms. The van der Waals surface area contributed by atoms with E-state index in [9.17, 15) is 0 Å². The summed E-state index contributed by atoms with van der Waals surface area (Å²) in [5.74, 6) is 0. The third-order valence-electron chi connectivity index (χ3n) is 4.22. The van der Waals surface area contributed by atoms with Crippen molar-refractivity contribution in [2.24, 2.45) is 0 Å². The van der Waals surface area contributed by atoms with Crippen LogP contribution in [0.4, 0.5) is 5.69 Å². The molecule has 1 heterocycles. The number of anilines is 1. The summed E-state index contributed by atoms with van der Waals surface area (Å²) < 4.78 is 0.854. The van der Waals surface area contributed by atoms with Gasteiger partial charge in [0.05, 0.1) is 4.34 Å². The summed E-state index contributed by atoms with van der Waals surface area (Å²) in [5, 5.41) is 0. The van der Waals surface area contributed by atoms with E-state index in [0.717, 1.165) is 28.4 Å². The Kier molecular flexibility index (Phi) is 3.72. The fraction of sp³-hybridized carbons (Fsp3) is 0.100. The van der Waals surface area contributed by atoms with Crippen LogP contribution in [0.3, 0.4) is 0 Å². The topological polar surface area (TPSA) is 26.0 Å². The molecule has 0 fully saturated rings. The Morgan fingerprint density at radius 3 is 2.70 bits per heavy atom. The van der Waals surface area contributed by atoms with Crippen LogP contribution in [0.1, 0.15) is 27.1 Å². The second-order valence-corrected chi connectivity index (χ2v) is 7.54. The van der Waals surface area contributed by atoms with Crippen molar-refractivity contribution in [1.29, 1.82) is 0 Å². The minimum atomic E-state index is 0.782. The summed E-state index contributed by atoms with van der Waals surface area (Å²) in [6.45, 7) is 0. The number of thiophene rings is 1. The highest BCUT2D eigenvalue weighted by molar-refractivity contribution is 7.16. The van der Waals surface area contributed by atoms with Crippen molar-refractivity contribution in [1.82, 2.24) is 0 Å². The maximum absolute atomic E-state index is 6.30. The van der Waals surface area contributed by atoms with Crippen LogP contribution in [0, 0.1) is 0 Å². The van der Waals surface area contributed by atoms with Gasteiger partial charge >= 0.3 is 0 Å². The minimum Gasteiger partial charge on any atom is -0.399 e. The Labute approximate surface area is 145 Å². The third-order valence-corrected chi connectivity index (χ3v) is 5.54. The first kappa shape index (κ1) is 14.6. The minimum absolute atomic E-state index is 0.782. The predicted octanol–water partition coefficient (Wildman–Crippen LogP) is 5.67. The molecule has 0 radical (unpaired) electrons. The van der Waals surface area contributed by atoms with Gasteiger partial charge in [-0.2, -0.15) is 0 Å². The SMILES string of the molecule is Nc1cccc(/C=C2\c3ccccc3CCc3sc(Cl)cc32)c1. The Morgan fingerprint density at radius 1 is 0.957 bits per heavy atom. The molecular formula is C20H16ClNS. The van der Waals surface area contributed by atoms with E-state index in [1.54, 1.807) is 11.3 Å². The van der Waals surface area contributed by atoms with E-state index in [2.05, 4.69) is 42.5 Å². The van der Waals surface area contributed by atoms with Gasteiger partial charge < -0.3 is 5.73 Å². The van der Waals surface area contributed by atoms with Crippen molar-refractivity contribution in [3.8, 4) is 0 Å². The van der Waals surface area contributed by atoms with Crippen LogP contribution in [0.15, 0.2) is 54.6 Å². The lowest BCUT2D eigenvalue weighted by atomic mass is 9.94. The molecule has 114 valence electrons. The average Bonchev–Trinajstić information content (AvgIpc) is 2.85. The first-order valence-electron chi connectivity index (χ1n) is 7.65. The van der Waals surface area contributed by atoms with Gasteiger partial charge in [0, 0.05) is 10.6 Å². The lowest BCUT2D eigenvalue weighted by Gasteiger charge is -2.10. The molecule has 23 heavy (non-hydrogen) atoms. The number of nitrogens with two attached hydrogens (primary N) is 1. The highest BCUT2D eigenvalue weighted by atomic mass is 35.5. The molecular weight excluding hydrogens is 322 g/mol. The molecule has 1 aliphatic carbocycles. The monoisotopic (exact) mass is 337 g/mol. The standard InChI is InChI=1S/C20H16ClNS/c21-20-12-18-17(11-13-4-3-6-15(22)10-13)16-7-2-1-5-14(16)8-9-19(18)23-20/h1-7,10-12H,8-9,22H2/b17-11+. The molecule has 4 rings (SSSR count). The highest BCUT2D eigenvalue weighted by Gasteiger charge is 2.20. The smallest absolute Gasteiger partial charge is 0.0937 e. The normalized spacial score (nSPS) is 15.1. The van der Waals surface area contributed by atoms with Crippen molar-refractivity contribution >= 4 is 40.3 Å². The molecule has 1 aliphatic rings. The van der Waals surface area contributed by atoms with E-state index in [1.807, 2.05) is 18.2 Å². The molecule has 0 amide bonds. The van der Waals surface area contributed by atoms with Crippen LogP contribution in [-0.2, 0) is 12.8 Å². The fourth-order valence-electron chi connectivity index (χ4n) is 3.18. The summed E-state index contributed by atoms with van der Waals surface area (Å²) in [6, 6.07) is 18.7. The molecule has 0 unspecified atom stereocenters. The van der Waals surface area contributed by atoms with Gasteiger partial charge in [-0.25, -0.2) is 0 Å². The third kappa shape index (κ3) is 2.80. The van der Waals surface area contributed by atoms with Gasteiger partial charge in [0.15, 0.2) is 0 Å². The van der Waals surface area contributed by atoms with E-state index in [0.29, 0.717) is 0 Å². The van der Waals surface area contributed by atoms with E-state index >= 15 is 0 Å². The number of benzene rings is 2. The second-order valence-electron chi connectivity index (χ2n) is 5.77. The largest absolute Gasteiger partial charge is 0.399 e. The zero-order valence-electron chi connectivity index (χ0n) is 12.6. The zero-order valence-corrected chi connectivity index (χ0v) is 14.1. The molecule has 1 nitrogen and oxygen atoms in total. The Hall–Kier alpha value is -2.03. The van der Waals surface area contributed by atoms with Crippen LogP contribution in [-0.4, -0.2) is 0 Å². The Balaban J connectivity index is 1.96. The Bertz CT molecular complexity index is 908. The molecule has 0 saturated heterocycles. The predicted molar refractivity (Wildman–Crippen MR) is 101 cm³/mol. The second kappa shape index (κ2) is 5.88. The molecule has 0 bridgehead atoms. The summed E-state index contributed by atoms with van der Waals surface area (Å²) in [4.78, 5) is 1.36. The van der Waals surface area contributed by atoms with Crippen molar-refractivity contribution in [3.05, 3.63) is 86.1 Å². The number of halogens is 1. The van der Waals surface area contributed by atoms with E-state index in [-0.39, 0.29) is 0 Å². The van der Waals surface area contributed by atoms with Gasteiger partial charge in [0.25, 0.3) is 0 Å². The van der Waals surface area contributed by atoms with Gasteiger partial charge in [-0.15, -0.1) is 11.3 Å². The maximum atomic E-state index is 6.30. The number of hydrogen-bond acceptors (Lipinski definition) is 2. The number of fused-ring (bicyclic) bond motifs is 2. The van der Waals surface area contributed by atoms with Crippen LogP contribution in [0.5, 0.6) is 0 Å². The van der Waals surface area contributed by atoms with Crippen molar-refractivity contribution in [2.45, 2.75) is 12.8 Å². The lowest BCUT2D eigenvalue weighted by Crippen LogP contribution is -1.92. The lowest BCUT2D eigenvalue weighted by molar-refractivity contribution is 0.985. The van der Waals surface area contributed by atoms with E-state index < -0.39 is 0 Å². The quantitative estimate of drug-likeness (QED) is 0.569. The zero-order chi connectivity index (χ0) is 15.8. The molecule has 1 aromatic heterocycles. The molecule has 0 atom stereocenters. The first-order valence-corrected chi connectivity index (χ1v) is 8.84. The van der Waals surface area contributed by atoms with Crippen molar-refractivity contribution in [3.63, 3.8) is 0 Å². The van der Waals surface area contributed by atoms with Gasteiger partial charge in [-0.3, -0.25) is 0 Å². The Morgan fingerprint density at radius 2 is 1.83 bits per heavy atom. The summed E-state index contributed by atoms with van der Waals surface area (Å²) in [7, 11) is 0. The molecule has 0 saturated carbocycles. The number of aryl methyl sites for hydroxylation is 2. The summed E-state index contributed by atoms with van der Waals surface area (Å²) in [6.07, 6.45) is 4.31. The maximum Gasteiger partial charge on any atom is 0.0937 e. The van der Waals surface area contributed by atoms with E-state index in [1.165, 1.54) is 27.1 Å². The molecule has 3 aromatic rings. The fourth-order valence-corrected chi connectivity index (χ4v) is 4.46. The number of rotatable bonds is 1. The van der Waals surface area contributed by atoms with Crippen LogP contribution >= 0.6 is 22.9 Å². The van der Waals surface area contributed by atoms with Gasteiger partial charge in [-0.05, 0) is 64.9 Å². The average molecular weight is 338 g/mol. The molecule has 2 N–H and O–H groups in total. The van der Waals surface area contributed by atoms with Crippen LogP contribution in [0.25, 0.3) is 11.6 Å². The van der Waals surface area contributed by atoms with Crippen LogP contribution in [0.2, 0.25) is 4.34 Å². The highest BCUT2D eigenvalue weighted by Crippen LogP contribution is 2.40. The van der Waals surface area contributed by atoms with Gasteiger partial charge in [0.1, 0.15) is 0 Å².